The third-order valence-corrected chi connectivity index (χ3v) is 6.83. The summed E-state index contributed by atoms with van der Waals surface area (Å²) in [5.41, 5.74) is 1.39. The third-order valence-electron chi connectivity index (χ3n) is 5.13. The second-order valence-corrected chi connectivity index (χ2v) is 8.67. The number of carbonyl (C=O) groups is 1. The fraction of sp³-hybridized carbons (Fsp3) is 0.529. The van der Waals surface area contributed by atoms with E-state index in [1.807, 2.05) is 11.4 Å². The van der Waals surface area contributed by atoms with E-state index in [2.05, 4.69) is 33.2 Å². The van der Waals surface area contributed by atoms with Crippen molar-refractivity contribution in [1.29, 1.82) is 0 Å². The van der Waals surface area contributed by atoms with Gasteiger partial charge in [-0.25, -0.2) is 4.98 Å². The number of thiazole rings is 1. The molecule has 0 aliphatic carbocycles. The van der Waals surface area contributed by atoms with Crippen LogP contribution in [0.25, 0.3) is 0 Å². The summed E-state index contributed by atoms with van der Waals surface area (Å²) >= 11 is 3.39. The quantitative estimate of drug-likeness (QED) is 0.853. The highest BCUT2D eigenvalue weighted by molar-refractivity contribution is 7.10. The molecule has 2 fully saturated rings. The van der Waals surface area contributed by atoms with Gasteiger partial charge in [-0.15, -0.1) is 22.7 Å². The van der Waals surface area contributed by atoms with Gasteiger partial charge in [0.2, 0.25) is 5.91 Å². The fourth-order valence-corrected chi connectivity index (χ4v) is 5.01. The van der Waals surface area contributed by atoms with Crippen molar-refractivity contribution >= 4 is 28.6 Å². The molecule has 1 atom stereocenters. The van der Waals surface area contributed by atoms with E-state index in [4.69, 9.17) is 0 Å². The van der Waals surface area contributed by atoms with Crippen molar-refractivity contribution < 1.29 is 4.79 Å². The van der Waals surface area contributed by atoms with Gasteiger partial charge < -0.3 is 4.90 Å². The lowest BCUT2D eigenvalue weighted by Gasteiger charge is -2.50. The number of nitrogens with zero attached hydrogens (tertiary/aromatic N) is 3. The highest BCUT2D eigenvalue weighted by Gasteiger charge is 2.50. The SMILES string of the molecule is Cc1nc(CN2CC[C@@]23CCN(C(=O)Cc2cccs2)C3)cs1. The molecule has 2 aromatic rings. The smallest absolute Gasteiger partial charge is 0.227 e. The van der Waals surface area contributed by atoms with Crippen LogP contribution in [0.15, 0.2) is 22.9 Å². The first kappa shape index (κ1) is 15.3. The van der Waals surface area contributed by atoms with E-state index < -0.39 is 0 Å². The molecule has 1 spiro atoms. The van der Waals surface area contributed by atoms with Crippen molar-refractivity contribution in [3.8, 4) is 0 Å². The molecular weight excluding hydrogens is 326 g/mol. The van der Waals surface area contributed by atoms with Gasteiger partial charge in [0.05, 0.1) is 17.1 Å². The highest BCUT2D eigenvalue weighted by Crippen LogP contribution is 2.40. The molecule has 4 rings (SSSR count). The molecule has 4 heterocycles. The number of amides is 1. The monoisotopic (exact) mass is 347 g/mol. The zero-order valence-corrected chi connectivity index (χ0v) is 15.0. The van der Waals surface area contributed by atoms with Gasteiger partial charge in [-0.2, -0.15) is 0 Å². The van der Waals surface area contributed by atoms with Gasteiger partial charge in [-0.05, 0) is 31.2 Å². The summed E-state index contributed by atoms with van der Waals surface area (Å²) in [5.74, 6) is 0.278. The van der Waals surface area contributed by atoms with E-state index in [1.165, 1.54) is 17.0 Å². The van der Waals surface area contributed by atoms with Gasteiger partial charge in [-0.3, -0.25) is 9.69 Å². The Morgan fingerprint density at radius 3 is 2.87 bits per heavy atom. The van der Waals surface area contributed by atoms with Crippen molar-refractivity contribution in [1.82, 2.24) is 14.8 Å². The van der Waals surface area contributed by atoms with Crippen LogP contribution in [0.3, 0.4) is 0 Å². The molecule has 1 amide bonds. The van der Waals surface area contributed by atoms with E-state index >= 15 is 0 Å². The molecule has 2 aliphatic rings. The number of aryl methyl sites for hydroxylation is 1. The predicted octanol–water partition coefficient (Wildman–Crippen LogP) is 2.93. The van der Waals surface area contributed by atoms with Gasteiger partial charge in [0.15, 0.2) is 0 Å². The standard InChI is InChI=1S/C17H21N3OS2/c1-13-18-14(11-23-13)10-20-7-5-17(20)4-6-19(12-17)16(21)9-15-3-2-8-22-15/h2-3,8,11H,4-7,9-10,12H2,1H3/t17-/m1/s1. The van der Waals surface area contributed by atoms with E-state index in [0.29, 0.717) is 6.42 Å². The Labute approximate surface area is 144 Å². The number of rotatable bonds is 4. The van der Waals surface area contributed by atoms with Gasteiger partial charge in [0.25, 0.3) is 0 Å². The van der Waals surface area contributed by atoms with Crippen molar-refractivity contribution in [3.05, 3.63) is 38.5 Å². The molecule has 2 aromatic heterocycles. The van der Waals surface area contributed by atoms with Crippen molar-refractivity contribution in [2.45, 2.75) is 38.3 Å². The van der Waals surface area contributed by atoms with Crippen molar-refractivity contribution in [2.24, 2.45) is 0 Å². The van der Waals surface area contributed by atoms with Crippen LogP contribution in [0.5, 0.6) is 0 Å². The summed E-state index contributed by atoms with van der Waals surface area (Å²) in [4.78, 5) is 22.9. The summed E-state index contributed by atoms with van der Waals surface area (Å²) in [5, 5.41) is 5.34. The van der Waals surface area contributed by atoms with E-state index in [-0.39, 0.29) is 11.4 Å². The minimum atomic E-state index is 0.211. The lowest BCUT2D eigenvalue weighted by Crippen LogP contribution is -2.60. The Kier molecular flexibility index (Phi) is 3.99. The lowest BCUT2D eigenvalue weighted by molar-refractivity contribution is -0.130. The molecule has 0 aromatic carbocycles. The molecule has 122 valence electrons. The molecule has 0 bridgehead atoms. The number of likely N-dealkylation sites (tertiary alicyclic amines) is 2. The van der Waals surface area contributed by atoms with Crippen molar-refractivity contribution in [2.75, 3.05) is 19.6 Å². The van der Waals surface area contributed by atoms with Crippen LogP contribution in [-0.2, 0) is 17.8 Å². The van der Waals surface area contributed by atoms with Crippen molar-refractivity contribution in [3.63, 3.8) is 0 Å². The molecule has 0 radical (unpaired) electrons. The van der Waals surface area contributed by atoms with Gasteiger partial charge in [0.1, 0.15) is 0 Å². The summed E-state index contributed by atoms with van der Waals surface area (Å²) < 4.78 is 0. The maximum Gasteiger partial charge on any atom is 0.227 e. The summed E-state index contributed by atoms with van der Waals surface area (Å²) in [6.07, 6.45) is 2.87. The Hall–Kier alpha value is -1.24. The molecule has 2 saturated heterocycles. The second-order valence-electron chi connectivity index (χ2n) is 6.58. The molecule has 0 saturated carbocycles. The molecule has 23 heavy (non-hydrogen) atoms. The number of thiophene rings is 1. The van der Waals surface area contributed by atoms with E-state index in [9.17, 15) is 4.79 Å². The van der Waals surface area contributed by atoms with Crippen LogP contribution < -0.4 is 0 Å². The Bertz CT molecular complexity index is 697. The zero-order valence-electron chi connectivity index (χ0n) is 13.3. The van der Waals surface area contributed by atoms with Crippen LogP contribution in [0, 0.1) is 6.92 Å². The van der Waals surface area contributed by atoms with Crippen LogP contribution >= 0.6 is 22.7 Å². The maximum absolute atomic E-state index is 12.5. The van der Waals surface area contributed by atoms with Gasteiger partial charge >= 0.3 is 0 Å². The molecule has 2 aliphatic heterocycles. The number of carbonyl (C=O) groups excluding carboxylic acids is 1. The second kappa shape index (κ2) is 6.00. The minimum absolute atomic E-state index is 0.211. The van der Waals surface area contributed by atoms with Crippen LogP contribution in [-0.4, -0.2) is 45.9 Å². The number of aromatic nitrogens is 1. The normalized spacial score (nSPS) is 24.3. The minimum Gasteiger partial charge on any atom is -0.340 e. The number of hydrogen-bond donors (Lipinski definition) is 0. The molecule has 4 nitrogen and oxygen atoms in total. The maximum atomic E-state index is 12.5. The Balaban J connectivity index is 1.38. The molecule has 6 heteroatoms. The van der Waals surface area contributed by atoms with Crippen LogP contribution in [0.4, 0.5) is 0 Å². The third kappa shape index (κ3) is 2.95. The van der Waals surface area contributed by atoms with Crippen LogP contribution in [0.2, 0.25) is 0 Å². The topological polar surface area (TPSA) is 36.4 Å². The summed E-state index contributed by atoms with van der Waals surface area (Å²) in [6, 6.07) is 4.07. The highest BCUT2D eigenvalue weighted by atomic mass is 32.1. The van der Waals surface area contributed by atoms with Gasteiger partial charge in [-0.1, -0.05) is 6.07 Å². The zero-order chi connectivity index (χ0) is 15.9. The summed E-state index contributed by atoms with van der Waals surface area (Å²) in [7, 11) is 0. The largest absolute Gasteiger partial charge is 0.340 e. The molecule has 0 unspecified atom stereocenters. The predicted molar refractivity (Wildman–Crippen MR) is 93.8 cm³/mol. The first-order valence-electron chi connectivity index (χ1n) is 8.11. The first-order valence-corrected chi connectivity index (χ1v) is 9.87. The van der Waals surface area contributed by atoms with E-state index in [1.54, 1.807) is 22.7 Å². The first-order chi connectivity index (χ1) is 11.1. The fourth-order valence-electron chi connectivity index (χ4n) is 3.71. The average molecular weight is 348 g/mol. The lowest BCUT2D eigenvalue weighted by atomic mass is 9.83. The average Bonchev–Trinajstić information content (AvgIpc) is 3.24. The van der Waals surface area contributed by atoms with Crippen LogP contribution in [0.1, 0.15) is 28.4 Å². The van der Waals surface area contributed by atoms with E-state index in [0.717, 1.165) is 37.6 Å². The molecular formula is C17H21N3OS2. The summed E-state index contributed by atoms with van der Waals surface area (Å²) in [6.45, 7) is 5.90. The Morgan fingerprint density at radius 1 is 1.35 bits per heavy atom. The molecule has 0 N–H and O–H groups in total. The number of hydrogen-bond acceptors (Lipinski definition) is 5. The van der Waals surface area contributed by atoms with Gasteiger partial charge in [0, 0.05) is 42.0 Å². The Morgan fingerprint density at radius 2 is 2.22 bits per heavy atom.